The summed E-state index contributed by atoms with van der Waals surface area (Å²) in [4.78, 5) is 34.7. The van der Waals surface area contributed by atoms with Gasteiger partial charge in [0.2, 0.25) is 0 Å². The van der Waals surface area contributed by atoms with E-state index in [-0.39, 0.29) is 80.4 Å². The summed E-state index contributed by atoms with van der Waals surface area (Å²) in [5.74, 6) is 3.82. The third kappa shape index (κ3) is 22.0. The maximum atomic E-state index is 6.04. The van der Waals surface area contributed by atoms with Crippen molar-refractivity contribution >= 4 is 87.8 Å². The van der Waals surface area contributed by atoms with Crippen LogP contribution in [0.1, 0.15) is 22.3 Å². The maximum absolute atomic E-state index is 6.04. The molecule has 0 N–H and O–H groups in total. The third-order valence-corrected chi connectivity index (χ3v) is 21.5. The van der Waals surface area contributed by atoms with Crippen molar-refractivity contribution < 1.29 is 98.1 Å². The van der Waals surface area contributed by atoms with Gasteiger partial charge in [0.25, 0.3) is 0 Å². The summed E-state index contributed by atoms with van der Waals surface area (Å²) in [5, 5.41) is 8.95. The second-order valence-corrected chi connectivity index (χ2v) is 30.1. The van der Waals surface area contributed by atoms with Crippen LogP contribution in [0, 0.1) is 76.2 Å². The van der Waals surface area contributed by atoms with Crippen LogP contribution in [0.3, 0.4) is 0 Å². The van der Waals surface area contributed by atoms with E-state index in [9.17, 15) is 0 Å². The van der Waals surface area contributed by atoms with Crippen molar-refractivity contribution in [3.05, 3.63) is 436 Å². The summed E-state index contributed by atoms with van der Waals surface area (Å²) in [7, 11) is 7.90. The Balaban J connectivity index is 0.000000129. The van der Waals surface area contributed by atoms with Crippen molar-refractivity contribution in [1.82, 2.24) is 58.1 Å². The molecule has 0 saturated heterocycles. The van der Waals surface area contributed by atoms with Gasteiger partial charge in [-0.15, -0.1) is 216 Å². The van der Waals surface area contributed by atoms with Crippen LogP contribution in [0.5, 0.6) is 0 Å². The second-order valence-electron chi connectivity index (χ2n) is 30.1. The van der Waals surface area contributed by atoms with E-state index < -0.39 is 0 Å². The fourth-order valence-corrected chi connectivity index (χ4v) is 14.7. The van der Waals surface area contributed by atoms with Crippen LogP contribution in [-0.2, 0) is 109 Å². The van der Waals surface area contributed by atoms with E-state index in [2.05, 4.69) is 152 Å². The summed E-state index contributed by atoms with van der Waals surface area (Å²) >= 11 is 0. The van der Waals surface area contributed by atoms with Crippen LogP contribution in [0.4, 0.5) is 0 Å². The number of para-hydroxylation sites is 4. The Morgan fingerprint density at radius 2 is 0.470 bits per heavy atom. The zero-order valence-electron chi connectivity index (χ0n) is 73.0. The number of aromatic nitrogens is 12. The molecule has 0 amide bonds. The molecule has 0 aliphatic rings. The van der Waals surface area contributed by atoms with Crippen molar-refractivity contribution in [2.45, 2.75) is 27.7 Å². The molecule has 24 rings (SSSR count). The molecule has 0 fully saturated rings. The molecule has 660 valence electrons. The van der Waals surface area contributed by atoms with Gasteiger partial charge in [-0.2, -0.15) is 0 Å². The number of hydrogen-bond acceptors (Lipinski definition) is 12. The largest absolute Gasteiger partial charge is 0.501 e. The Morgan fingerprint density at radius 3 is 0.697 bits per heavy atom. The van der Waals surface area contributed by atoms with Gasteiger partial charge >= 0.3 is 0 Å². The summed E-state index contributed by atoms with van der Waals surface area (Å²) < 4.78 is 31.9. The van der Waals surface area contributed by atoms with Crippen molar-refractivity contribution in [1.29, 1.82) is 0 Å². The van der Waals surface area contributed by atoms with E-state index in [4.69, 9.17) is 17.7 Å². The Hall–Kier alpha value is -14.1. The second kappa shape index (κ2) is 45.4. The fourth-order valence-electron chi connectivity index (χ4n) is 14.7. The van der Waals surface area contributed by atoms with E-state index in [0.717, 1.165) is 178 Å². The van der Waals surface area contributed by atoms with Crippen LogP contribution in [0.2, 0.25) is 0 Å². The maximum Gasteiger partial charge on any atom is 0.120 e. The van der Waals surface area contributed by atoms with Crippen molar-refractivity contribution in [3.63, 3.8) is 0 Å². The van der Waals surface area contributed by atoms with Gasteiger partial charge in [-0.25, -0.2) is 0 Å². The van der Waals surface area contributed by atoms with Gasteiger partial charge in [0.05, 0.1) is 45.6 Å². The molecule has 12 aromatic heterocycles. The molecule has 4 radical (unpaired) electrons. The summed E-state index contributed by atoms with van der Waals surface area (Å²) in [6, 6.07) is 121. The van der Waals surface area contributed by atoms with Gasteiger partial charge in [-0.05, 0) is 98.0 Å². The SMILES string of the molecule is Cc1cnc(-c2[c-]ccc3c2oc2ccccc23)cc1C.Cc1cnc(-c2[c-]ccc3c2oc2ccccc23)cc1C.Cn1ccnc1-c1[c-]cccc1.Cn1ccnc1-c1[c-]cccc1.Cn1ccnc1-c1[c-]cccc1.Cn1ccnc1-c1[c-]cccc1.[Ir].[Ir].[Ir].[Ir].[c-]1ccc2c(oc3ccccc32)c1-c1ccccn1.[c-]1ccc2c(oc3ccccc32)c1-c1ccccn1. The predicted octanol–water partition coefficient (Wildman–Crippen LogP) is 26.6. The Labute approximate surface area is 819 Å². The standard InChI is InChI=1S/2C19H14NO.2C17H10NO.4C10H9N2.4Ir/c2*1-12-10-17(20-11-13(12)2)16-8-5-7-15-14-6-3-4-9-18(14)21-19(15)16;2*1-2-10-16-12(6-1)13-7-5-8-14(17(13)19-16)15-9-3-4-11-18-15;4*1-12-8-7-11-10(12)9-5-3-2-4-6-9;;;;/h2*3-7,9-11H,1-2H3;2*1-7,9-11H;4*2-5,7-8H,1H3;;;;/q8*-1;;;;. The zero-order valence-corrected chi connectivity index (χ0v) is 82.6. The van der Waals surface area contributed by atoms with E-state index in [1.165, 1.54) is 22.3 Å². The van der Waals surface area contributed by atoms with E-state index in [0.29, 0.717) is 0 Å². The topological polar surface area (TPSA) is 175 Å². The van der Waals surface area contributed by atoms with Crippen LogP contribution < -0.4 is 0 Å². The summed E-state index contributed by atoms with van der Waals surface area (Å²) in [6.45, 7) is 8.33. The van der Waals surface area contributed by atoms with E-state index in [1.54, 1.807) is 37.2 Å². The quantitative estimate of drug-likeness (QED) is 0.132. The minimum Gasteiger partial charge on any atom is -0.501 e. The first-order valence-corrected chi connectivity index (χ1v) is 41.6. The minimum atomic E-state index is 0. The number of hydrogen-bond donors (Lipinski definition) is 0. The van der Waals surface area contributed by atoms with E-state index >= 15 is 0 Å². The molecule has 12 heterocycles. The monoisotopic (exact) mass is 2430 g/mol. The molecule has 0 aliphatic heterocycles. The first-order valence-electron chi connectivity index (χ1n) is 41.6. The first kappa shape index (κ1) is 95.5. The van der Waals surface area contributed by atoms with Crippen LogP contribution in [0.25, 0.3) is 178 Å². The molecule has 0 unspecified atom stereocenters. The molecule has 24 aromatic rings. The van der Waals surface area contributed by atoms with Crippen molar-refractivity contribution in [2.24, 2.45) is 28.2 Å². The number of nitrogens with zero attached hydrogens (tertiary/aromatic N) is 12. The number of benzene rings is 12. The average molecular weight is 2430 g/mol. The Kier molecular flexibility index (Phi) is 32.8. The number of aryl methyl sites for hydroxylation is 8. The van der Waals surface area contributed by atoms with Crippen LogP contribution >= 0.6 is 0 Å². The molecule has 20 heteroatoms. The molecular formula is C112H84Ir4N12O4-8. The van der Waals surface area contributed by atoms with Crippen molar-refractivity contribution in [3.8, 4) is 90.6 Å². The Morgan fingerprint density at radius 1 is 0.220 bits per heavy atom. The fraction of sp³-hybridized carbons (Fsp3) is 0.0714. The number of pyridine rings is 4. The van der Waals surface area contributed by atoms with Crippen LogP contribution in [-0.4, -0.2) is 58.1 Å². The molecule has 0 saturated carbocycles. The van der Waals surface area contributed by atoms with Crippen molar-refractivity contribution in [2.75, 3.05) is 0 Å². The molecule has 0 spiro atoms. The third-order valence-electron chi connectivity index (χ3n) is 21.5. The van der Waals surface area contributed by atoms with Gasteiger partial charge in [-0.1, -0.05) is 164 Å². The van der Waals surface area contributed by atoms with Gasteiger partial charge < -0.3 is 55.9 Å². The zero-order chi connectivity index (χ0) is 87.7. The molecule has 12 aromatic carbocycles. The summed E-state index contributed by atoms with van der Waals surface area (Å²) in [6.07, 6.45) is 22.2. The molecule has 132 heavy (non-hydrogen) atoms. The minimum absolute atomic E-state index is 0. The molecule has 0 bridgehead atoms. The molecular weight excluding hydrogens is 2350 g/mol. The van der Waals surface area contributed by atoms with Gasteiger partial charge in [0.15, 0.2) is 0 Å². The number of fused-ring (bicyclic) bond motifs is 12. The molecule has 16 nitrogen and oxygen atoms in total. The van der Waals surface area contributed by atoms with Gasteiger partial charge in [-0.3, -0.25) is 19.9 Å². The van der Waals surface area contributed by atoms with E-state index in [1.807, 2.05) is 338 Å². The smallest absolute Gasteiger partial charge is 0.120 e. The van der Waals surface area contributed by atoms with Crippen LogP contribution in [0.15, 0.2) is 383 Å². The normalized spacial score (nSPS) is 10.5. The van der Waals surface area contributed by atoms with Gasteiger partial charge in [0, 0.05) is 205 Å². The molecule has 0 aliphatic carbocycles. The molecule has 0 atom stereocenters. The predicted molar refractivity (Wildman–Crippen MR) is 512 cm³/mol. The average Bonchev–Trinajstić information content (AvgIpc) is 1.58. The number of rotatable bonds is 8. The van der Waals surface area contributed by atoms with Gasteiger partial charge in [0.1, 0.15) is 22.3 Å². The Bertz CT molecular complexity index is 7210. The summed E-state index contributed by atoms with van der Waals surface area (Å²) in [5.41, 5.74) is 23.2. The number of imidazole rings is 4. The first-order chi connectivity index (χ1) is 62.8. The number of furan rings is 4.